The third-order valence-electron chi connectivity index (χ3n) is 3.69. The Labute approximate surface area is 161 Å². The average molecular weight is 384 g/mol. The van der Waals surface area contributed by atoms with Crippen LogP contribution in [0.4, 0.5) is 11.4 Å². The van der Waals surface area contributed by atoms with Gasteiger partial charge in [0, 0.05) is 22.0 Å². The second kappa shape index (κ2) is 8.91. The molecule has 2 aromatic carbocycles. The number of halogens is 1. The van der Waals surface area contributed by atoms with Crippen LogP contribution in [0.2, 0.25) is 5.02 Å². The first-order valence-electron chi connectivity index (χ1n) is 8.30. The fourth-order valence-corrected chi connectivity index (χ4v) is 2.60. The summed E-state index contributed by atoms with van der Waals surface area (Å²) in [5, 5.41) is 9.11. The van der Waals surface area contributed by atoms with Crippen molar-refractivity contribution < 1.29 is 14.0 Å². The molecule has 138 valence electrons. The number of carbonyl (C=O) groups is 2. The summed E-state index contributed by atoms with van der Waals surface area (Å²) in [5.74, 6) is 0.183. The lowest BCUT2D eigenvalue weighted by atomic mass is 10.2. The van der Waals surface area contributed by atoms with Crippen LogP contribution in [0.15, 0.2) is 71.3 Å². The van der Waals surface area contributed by atoms with E-state index >= 15 is 0 Å². The molecule has 3 aromatic rings. The van der Waals surface area contributed by atoms with Gasteiger partial charge < -0.3 is 20.4 Å². The first-order valence-corrected chi connectivity index (χ1v) is 8.68. The largest absolute Gasteiger partial charge is 0.467 e. The molecule has 3 N–H and O–H groups in total. The van der Waals surface area contributed by atoms with E-state index in [9.17, 15) is 9.59 Å². The van der Waals surface area contributed by atoms with Crippen LogP contribution in [0.25, 0.3) is 0 Å². The summed E-state index contributed by atoms with van der Waals surface area (Å²) in [5.41, 5.74) is 1.74. The zero-order chi connectivity index (χ0) is 19.1. The van der Waals surface area contributed by atoms with Crippen LogP contribution in [0, 0.1) is 0 Å². The van der Waals surface area contributed by atoms with Gasteiger partial charge in [0.1, 0.15) is 5.76 Å². The van der Waals surface area contributed by atoms with Gasteiger partial charge in [-0.1, -0.05) is 23.7 Å². The van der Waals surface area contributed by atoms with Gasteiger partial charge in [-0.3, -0.25) is 9.59 Å². The minimum Gasteiger partial charge on any atom is -0.467 e. The van der Waals surface area contributed by atoms with Gasteiger partial charge in [-0.2, -0.15) is 0 Å². The smallest absolute Gasteiger partial charge is 0.251 e. The third-order valence-corrected chi connectivity index (χ3v) is 3.92. The quantitative estimate of drug-likeness (QED) is 0.577. The lowest BCUT2D eigenvalue weighted by Gasteiger charge is -2.09. The van der Waals surface area contributed by atoms with Crippen LogP contribution in [0.1, 0.15) is 16.1 Å². The first-order chi connectivity index (χ1) is 13.1. The molecular weight excluding hydrogens is 366 g/mol. The van der Waals surface area contributed by atoms with E-state index in [0.717, 1.165) is 5.69 Å². The Morgan fingerprint density at radius 3 is 2.56 bits per heavy atom. The molecule has 0 atom stereocenters. The number of rotatable bonds is 7. The molecule has 0 saturated heterocycles. The molecular formula is C20H18ClN3O3. The van der Waals surface area contributed by atoms with Crippen molar-refractivity contribution in [3.8, 4) is 0 Å². The van der Waals surface area contributed by atoms with Crippen molar-refractivity contribution >= 4 is 34.8 Å². The number of hydrogen-bond acceptors (Lipinski definition) is 4. The Morgan fingerprint density at radius 1 is 0.963 bits per heavy atom. The molecule has 0 radical (unpaired) electrons. The van der Waals surface area contributed by atoms with Gasteiger partial charge in [-0.15, -0.1) is 0 Å². The number of anilines is 2. The number of hydrogen-bond donors (Lipinski definition) is 3. The third kappa shape index (κ3) is 5.62. The average Bonchev–Trinajstić information content (AvgIpc) is 3.18. The Kier molecular flexibility index (Phi) is 6.12. The second-order valence-electron chi connectivity index (χ2n) is 5.75. The normalized spacial score (nSPS) is 10.3. The van der Waals surface area contributed by atoms with Crippen molar-refractivity contribution in [2.75, 3.05) is 17.2 Å². The van der Waals surface area contributed by atoms with Crippen molar-refractivity contribution in [2.45, 2.75) is 6.54 Å². The van der Waals surface area contributed by atoms with Crippen molar-refractivity contribution in [1.29, 1.82) is 0 Å². The van der Waals surface area contributed by atoms with E-state index in [0.29, 0.717) is 28.6 Å². The first kappa shape index (κ1) is 18.5. The SMILES string of the molecule is O=C(CNc1cccc(Cl)c1)Nc1cccc(C(=O)NCc2ccco2)c1. The van der Waals surface area contributed by atoms with E-state index in [2.05, 4.69) is 16.0 Å². The Hall–Kier alpha value is -3.25. The fraction of sp³-hybridized carbons (Fsp3) is 0.100. The molecule has 0 bridgehead atoms. The monoisotopic (exact) mass is 383 g/mol. The molecule has 27 heavy (non-hydrogen) atoms. The molecule has 0 aliphatic rings. The van der Waals surface area contributed by atoms with Crippen LogP contribution >= 0.6 is 11.6 Å². The van der Waals surface area contributed by atoms with E-state index in [1.54, 1.807) is 60.9 Å². The molecule has 3 rings (SSSR count). The highest BCUT2D eigenvalue weighted by Gasteiger charge is 2.09. The van der Waals surface area contributed by atoms with Crippen LogP contribution in [0.5, 0.6) is 0 Å². The summed E-state index contributed by atoms with van der Waals surface area (Å²) < 4.78 is 5.18. The van der Waals surface area contributed by atoms with Gasteiger partial charge in [0.15, 0.2) is 0 Å². The van der Waals surface area contributed by atoms with Gasteiger partial charge in [0.05, 0.1) is 19.4 Å². The molecule has 6 nitrogen and oxygen atoms in total. The summed E-state index contributed by atoms with van der Waals surface area (Å²) >= 11 is 5.91. The van der Waals surface area contributed by atoms with Crippen molar-refractivity contribution in [3.05, 3.63) is 83.3 Å². The number of carbonyl (C=O) groups excluding carboxylic acids is 2. The van der Waals surface area contributed by atoms with Crippen LogP contribution in [-0.2, 0) is 11.3 Å². The maximum absolute atomic E-state index is 12.2. The van der Waals surface area contributed by atoms with Crippen LogP contribution in [-0.4, -0.2) is 18.4 Å². The molecule has 0 aliphatic heterocycles. The standard InChI is InChI=1S/C20H18ClN3O3/c21-15-5-2-6-16(11-15)22-13-19(25)24-17-7-1-4-14(10-17)20(26)23-12-18-8-3-9-27-18/h1-11,22H,12-13H2,(H,23,26)(H,24,25). The molecule has 0 fully saturated rings. The minimum atomic E-state index is -0.250. The predicted molar refractivity (Wildman–Crippen MR) is 105 cm³/mol. The van der Waals surface area contributed by atoms with Gasteiger partial charge in [0.25, 0.3) is 5.91 Å². The second-order valence-corrected chi connectivity index (χ2v) is 6.19. The lowest BCUT2D eigenvalue weighted by molar-refractivity contribution is -0.114. The lowest BCUT2D eigenvalue weighted by Crippen LogP contribution is -2.24. The van der Waals surface area contributed by atoms with Crippen molar-refractivity contribution in [2.24, 2.45) is 0 Å². The van der Waals surface area contributed by atoms with E-state index < -0.39 is 0 Å². The maximum Gasteiger partial charge on any atom is 0.251 e. The zero-order valence-electron chi connectivity index (χ0n) is 14.4. The summed E-state index contributed by atoms with van der Waals surface area (Å²) in [6.07, 6.45) is 1.55. The highest BCUT2D eigenvalue weighted by Crippen LogP contribution is 2.15. The summed E-state index contributed by atoms with van der Waals surface area (Å²) in [6, 6.07) is 17.4. The van der Waals surface area contributed by atoms with E-state index in [4.69, 9.17) is 16.0 Å². The van der Waals surface area contributed by atoms with Crippen molar-refractivity contribution in [3.63, 3.8) is 0 Å². The molecule has 0 aliphatic carbocycles. The van der Waals surface area contributed by atoms with Crippen molar-refractivity contribution in [1.82, 2.24) is 5.32 Å². The van der Waals surface area contributed by atoms with E-state index in [1.165, 1.54) is 0 Å². The Balaban J connectivity index is 1.53. The van der Waals surface area contributed by atoms with Crippen LogP contribution < -0.4 is 16.0 Å². The van der Waals surface area contributed by atoms with E-state index in [1.807, 2.05) is 6.07 Å². The summed E-state index contributed by atoms with van der Waals surface area (Å²) in [6.45, 7) is 0.376. The topological polar surface area (TPSA) is 83.4 Å². The Bertz CT molecular complexity index is 926. The fourth-order valence-electron chi connectivity index (χ4n) is 2.41. The highest BCUT2D eigenvalue weighted by atomic mass is 35.5. The number of amides is 2. The summed E-state index contributed by atoms with van der Waals surface area (Å²) in [7, 11) is 0. The number of benzene rings is 2. The van der Waals surface area contributed by atoms with Gasteiger partial charge >= 0.3 is 0 Å². The molecule has 0 saturated carbocycles. The molecule has 0 spiro atoms. The van der Waals surface area contributed by atoms with Gasteiger partial charge in [-0.25, -0.2) is 0 Å². The van der Waals surface area contributed by atoms with Gasteiger partial charge in [-0.05, 0) is 48.5 Å². The molecule has 7 heteroatoms. The molecule has 1 aromatic heterocycles. The highest BCUT2D eigenvalue weighted by molar-refractivity contribution is 6.30. The van der Waals surface area contributed by atoms with Crippen LogP contribution in [0.3, 0.4) is 0 Å². The Morgan fingerprint density at radius 2 is 1.78 bits per heavy atom. The minimum absolute atomic E-state index is 0.0786. The van der Waals surface area contributed by atoms with Gasteiger partial charge in [0.2, 0.25) is 5.91 Å². The molecule has 1 heterocycles. The number of furan rings is 1. The maximum atomic E-state index is 12.2. The molecule has 0 unspecified atom stereocenters. The predicted octanol–water partition coefficient (Wildman–Crippen LogP) is 3.91. The molecule has 2 amide bonds. The van der Waals surface area contributed by atoms with E-state index in [-0.39, 0.29) is 18.4 Å². The number of nitrogens with one attached hydrogen (secondary N) is 3. The zero-order valence-corrected chi connectivity index (χ0v) is 15.1. The summed E-state index contributed by atoms with van der Waals surface area (Å²) in [4.78, 5) is 24.3.